The van der Waals surface area contributed by atoms with Crippen LogP contribution in [0.15, 0.2) is 24.3 Å². The van der Waals surface area contributed by atoms with Gasteiger partial charge in [-0.1, -0.05) is 24.3 Å². The van der Waals surface area contributed by atoms with Gasteiger partial charge in [0.2, 0.25) is 5.91 Å². The Morgan fingerprint density at radius 2 is 2.05 bits per heavy atom. The van der Waals surface area contributed by atoms with Gasteiger partial charge in [0.05, 0.1) is 18.6 Å². The van der Waals surface area contributed by atoms with Crippen LogP contribution in [0.2, 0.25) is 0 Å². The Labute approximate surface area is 111 Å². The van der Waals surface area contributed by atoms with Crippen LogP contribution in [-0.2, 0) is 20.9 Å². The predicted molar refractivity (Wildman–Crippen MR) is 68.4 cm³/mol. The first-order valence-corrected chi connectivity index (χ1v) is 6.11. The summed E-state index contributed by atoms with van der Waals surface area (Å²) in [4.78, 5) is 24.4. The van der Waals surface area contributed by atoms with Crippen molar-refractivity contribution in [2.45, 2.75) is 19.1 Å². The van der Waals surface area contributed by atoms with Crippen LogP contribution in [0, 0.1) is 5.92 Å². The van der Waals surface area contributed by atoms with Crippen LogP contribution < -0.4 is 0 Å². The van der Waals surface area contributed by atoms with E-state index in [-0.39, 0.29) is 18.4 Å². The van der Waals surface area contributed by atoms with Gasteiger partial charge < -0.3 is 14.7 Å². The SMILES string of the molecule is COCc1ccc(C2C(C(=O)O)CC(=O)N2C)cc1. The van der Waals surface area contributed by atoms with Crippen LogP contribution in [0.4, 0.5) is 0 Å². The van der Waals surface area contributed by atoms with Crippen LogP contribution in [0.1, 0.15) is 23.6 Å². The van der Waals surface area contributed by atoms with Crippen LogP contribution in [0.3, 0.4) is 0 Å². The smallest absolute Gasteiger partial charge is 0.309 e. The van der Waals surface area contributed by atoms with E-state index in [4.69, 9.17) is 4.74 Å². The summed E-state index contributed by atoms with van der Waals surface area (Å²) in [7, 11) is 3.27. The summed E-state index contributed by atoms with van der Waals surface area (Å²) in [6.07, 6.45) is 0.0658. The number of nitrogens with zero attached hydrogens (tertiary/aromatic N) is 1. The molecule has 5 heteroatoms. The molecule has 102 valence electrons. The van der Waals surface area contributed by atoms with Crippen LogP contribution >= 0.6 is 0 Å². The topological polar surface area (TPSA) is 66.8 Å². The van der Waals surface area contributed by atoms with Gasteiger partial charge in [-0.15, -0.1) is 0 Å². The molecule has 5 nitrogen and oxygen atoms in total. The van der Waals surface area contributed by atoms with Crippen LogP contribution in [0.5, 0.6) is 0 Å². The van der Waals surface area contributed by atoms with Crippen molar-refractivity contribution in [1.82, 2.24) is 4.90 Å². The highest BCUT2D eigenvalue weighted by Crippen LogP contribution is 2.37. The number of methoxy groups -OCH3 is 1. The van der Waals surface area contributed by atoms with E-state index in [0.29, 0.717) is 6.61 Å². The van der Waals surface area contributed by atoms with Gasteiger partial charge in [-0.25, -0.2) is 0 Å². The summed E-state index contributed by atoms with van der Waals surface area (Å²) >= 11 is 0. The molecule has 1 aromatic carbocycles. The van der Waals surface area contributed by atoms with Gasteiger partial charge in [0, 0.05) is 20.6 Å². The third-order valence-corrected chi connectivity index (χ3v) is 3.54. The first kappa shape index (κ1) is 13.5. The summed E-state index contributed by atoms with van der Waals surface area (Å²) in [5.41, 5.74) is 1.87. The third-order valence-electron chi connectivity index (χ3n) is 3.54. The molecule has 0 aliphatic carbocycles. The molecule has 0 spiro atoms. The average Bonchev–Trinajstić information content (AvgIpc) is 2.68. The van der Waals surface area contributed by atoms with Gasteiger partial charge in [0.1, 0.15) is 0 Å². The predicted octanol–water partition coefficient (Wildman–Crippen LogP) is 1.44. The number of ether oxygens (including phenoxy) is 1. The van der Waals surface area contributed by atoms with E-state index in [9.17, 15) is 14.7 Å². The number of carboxylic acids is 1. The van der Waals surface area contributed by atoms with Crippen molar-refractivity contribution in [3.63, 3.8) is 0 Å². The molecule has 1 heterocycles. The maximum absolute atomic E-state index is 11.7. The number of aliphatic carboxylic acids is 1. The van der Waals surface area contributed by atoms with Crippen molar-refractivity contribution in [2.75, 3.05) is 14.2 Å². The maximum Gasteiger partial charge on any atom is 0.309 e. The Balaban J connectivity index is 2.27. The molecule has 0 saturated carbocycles. The van der Waals surface area contributed by atoms with Gasteiger partial charge in [0.25, 0.3) is 0 Å². The van der Waals surface area contributed by atoms with Crippen molar-refractivity contribution >= 4 is 11.9 Å². The highest BCUT2D eigenvalue weighted by Gasteiger charge is 2.42. The van der Waals surface area contributed by atoms with Crippen molar-refractivity contribution < 1.29 is 19.4 Å². The lowest BCUT2D eigenvalue weighted by Gasteiger charge is -2.23. The number of hydrogen-bond acceptors (Lipinski definition) is 3. The van der Waals surface area contributed by atoms with E-state index in [1.54, 1.807) is 14.2 Å². The van der Waals surface area contributed by atoms with Crippen molar-refractivity contribution in [1.29, 1.82) is 0 Å². The highest BCUT2D eigenvalue weighted by atomic mass is 16.5. The quantitative estimate of drug-likeness (QED) is 0.892. The summed E-state index contributed by atoms with van der Waals surface area (Å²) < 4.78 is 5.03. The Kier molecular flexibility index (Phi) is 3.85. The molecule has 1 saturated heterocycles. The molecule has 0 aromatic heterocycles. The fourth-order valence-electron chi connectivity index (χ4n) is 2.52. The number of carboxylic acid groups (broad SMARTS) is 1. The first-order chi connectivity index (χ1) is 9.04. The molecule has 19 heavy (non-hydrogen) atoms. The Bertz CT molecular complexity index is 483. The summed E-state index contributed by atoms with van der Waals surface area (Å²) in [6, 6.07) is 7.14. The van der Waals surface area contributed by atoms with E-state index >= 15 is 0 Å². The molecule has 1 aromatic rings. The number of likely N-dealkylation sites (tertiary alicyclic amines) is 1. The minimum absolute atomic E-state index is 0.0658. The van der Waals surface area contributed by atoms with Gasteiger partial charge in [-0.2, -0.15) is 0 Å². The number of hydrogen-bond donors (Lipinski definition) is 1. The molecular formula is C14H17NO4. The number of carbonyl (C=O) groups is 2. The van der Waals surface area contributed by atoms with Crippen molar-refractivity contribution in [3.05, 3.63) is 35.4 Å². The normalized spacial score (nSPS) is 22.8. The lowest BCUT2D eigenvalue weighted by Crippen LogP contribution is -2.26. The number of carbonyl (C=O) groups excluding carboxylic acids is 1. The highest BCUT2D eigenvalue weighted by molar-refractivity contribution is 5.87. The molecule has 0 radical (unpaired) electrons. The largest absolute Gasteiger partial charge is 0.481 e. The molecule has 1 N–H and O–H groups in total. The van der Waals surface area contributed by atoms with E-state index < -0.39 is 11.9 Å². The second-order valence-corrected chi connectivity index (χ2v) is 4.77. The lowest BCUT2D eigenvalue weighted by atomic mass is 9.93. The zero-order valence-electron chi connectivity index (χ0n) is 11.0. The van der Waals surface area contributed by atoms with Crippen molar-refractivity contribution in [3.8, 4) is 0 Å². The van der Waals surface area contributed by atoms with Crippen molar-refractivity contribution in [2.24, 2.45) is 5.92 Å². The van der Waals surface area contributed by atoms with Gasteiger partial charge in [-0.3, -0.25) is 9.59 Å². The summed E-state index contributed by atoms with van der Waals surface area (Å²) in [5.74, 6) is -1.73. The maximum atomic E-state index is 11.7. The Morgan fingerprint density at radius 1 is 1.42 bits per heavy atom. The molecule has 0 bridgehead atoms. The number of rotatable bonds is 4. The minimum Gasteiger partial charge on any atom is -0.481 e. The monoisotopic (exact) mass is 263 g/mol. The molecule has 1 aliphatic heterocycles. The molecule has 2 atom stereocenters. The number of amides is 1. The Hall–Kier alpha value is -1.88. The van der Waals surface area contributed by atoms with Gasteiger partial charge in [-0.05, 0) is 11.1 Å². The van der Waals surface area contributed by atoms with E-state index in [1.165, 1.54) is 4.90 Å². The molecular weight excluding hydrogens is 246 g/mol. The molecule has 1 aliphatic rings. The number of benzene rings is 1. The summed E-state index contributed by atoms with van der Waals surface area (Å²) in [6.45, 7) is 0.516. The van der Waals surface area contributed by atoms with Crippen LogP contribution in [0.25, 0.3) is 0 Å². The minimum atomic E-state index is -0.927. The average molecular weight is 263 g/mol. The second kappa shape index (κ2) is 5.40. The summed E-state index contributed by atoms with van der Waals surface area (Å²) in [5, 5.41) is 9.22. The first-order valence-electron chi connectivity index (χ1n) is 6.11. The Morgan fingerprint density at radius 3 is 2.58 bits per heavy atom. The molecule has 2 rings (SSSR count). The van der Waals surface area contributed by atoms with E-state index in [2.05, 4.69) is 0 Å². The van der Waals surface area contributed by atoms with E-state index in [0.717, 1.165) is 11.1 Å². The second-order valence-electron chi connectivity index (χ2n) is 4.77. The fraction of sp³-hybridized carbons (Fsp3) is 0.429. The zero-order chi connectivity index (χ0) is 14.0. The van der Waals surface area contributed by atoms with E-state index in [1.807, 2.05) is 24.3 Å². The lowest BCUT2D eigenvalue weighted by molar-refractivity contribution is -0.142. The fourth-order valence-corrected chi connectivity index (χ4v) is 2.52. The van der Waals surface area contributed by atoms with Gasteiger partial charge >= 0.3 is 5.97 Å². The standard InChI is InChI=1S/C14H17NO4/c1-15-12(16)7-11(14(17)18)13(15)10-5-3-9(4-6-10)8-19-2/h3-6,11,13H,7-8H2,1-2H3,(H,17,18). The molecule has 1 amide bonds. The van der Waals surface area contributed by atoms with Crippen LogP contribution in [-0.4, -0.2) is 36.0 Å². The molecule has 1 fully saturated rings. The zero-order valence-corrected chi connectivity index (χ0v) is 11.0. The van der Waals surface area contributed by atoms with Gasteiger partial charge in [0.15, 0.2) is 0 Å². The molecule has 2 unspecified atom stereocenters. The third kappa shape index (κ3) is 2.61.